The van der Waals surface area contributed by atoms with E-state index in [1.54, 1.807) is 0 Å². The van der Waals surface area contributed by atoms with Crippen LogP contribution in [0.5, 0.6) is 0 Å². The minimum Gasteiger partial charge on any atom is -0.388 e. The number of anilines is 2. The summed E-state index contributed by atoms with van der Waals surface area (Å²) in [7, 11) is 0. The van der Waals surface area contributed by atoms with E-state index in [9.17, 15) is 10.1 Å². The van der Waals surface area contributed by atoms with Crippen LogP contribution in [-0.2, 0) is 0 Å². The monoisotopic (exact) mass is 400 g/mol. The van der Waals surface area contributed by atoms with Gasteiger partial charge in [-0.05, 0) is 53.4 Å². The zero-order valence-electron chi connectivity index (χ0n) is 18.5. The molecule has 2 fully saturated rings. The smallest absolute Gasteiger partial charge is 0.360 e. The molecule has 0 spiro atoms. The Morgan fingerprint density at radius 1 is 0.931 bits per heavy atom. The van der Waals surface area contributed by atoms with E-state index in [0.29, 0.717) is 23.9 Å². The average Bonchev–Trinajstić information content (AvgIpc) is 2.69. The van der Waals surface area contributed by atoms with Crippen molar-refractivity contribution in [3.8, 4) is 6.07 Å². The van der Waals surface area contributed by atoms with Crippen molar-refractivity contribution in [2.75, 3.05) is 9.80 Å². The lowest BCUT2D eigenvalue weighted by molar-refractivity contribution is 0.312. The van der Waals surface area contributed by atoms with Gasteiger partial charge in [0.25, 0.3) is 0 Å². The molecule has 6 nitrogen and oxygen atoms in total. The molecule has 0 radical (unpaired) electrons. The number of nitrogens with zero attached hydrogens (tertiary/aromatic N) is 4. The highest BCUT2D eigenvalue weighted by Crippen LogP contribution is 2.34. The first kappa shape index (κ1) is 21.7. The van der Waals surface area contributed by atoms with E-state index in [4.69, 9.17) is 9.40 Å². The number of nitriles is 1. The van der Waals surface area contributed by atoms with Gasteiger partial charge in [0.2, 0.25) is 0 Å². The summed E-state index contributed by atoms with van der Waals surface area (Å²) in [6, 6.07) is 3.47. The summed E-state index contributed by atoms with van der Waals surface area (Å²) in [5.74, 6) is 0.473. The van der Waals surface area contributed by atoms with Gasteiger partial charge in [0.05, 0.1) is 0 Å². The molecule has 2 saturated carbocycles. The highest BCUT2D eigenvalue weighted by Gasteiger charge is 2.33. The van der Waals surface area contributed by atoms with Gasteiger partial charge in [-0.15, -0.1) is 0 Å². The van der Waals surface area contributed by atoms with Gasteiger partial charge < -0.3 is 14.2 Å². The molecule has 1 heterocycles. The van der Waals surface area contributed by atoms with Gasteiger partial charge in [-0.1, -0.05) is 38.5 Å². The topological polar surface area (TPSA) is 73.4 Å². The van der Waals surface area contributed by atoms with E-state index in [1.807, 2.05) is 0 Å². The summed E-state index contributed by atoms with van der Waals surface area (Å²) in [5, 5.41) is 9.65. The molecular weight excluding hydrogens is 364 g/mol. The first-order valence-electron chi connectivity index (χ1n) is 11.5. The normalized spacial score (nSPS) is 18.8. The van der Waals surface area contributed by atoms with Gasteiger partial charge in [-0.3, -0.25) is 0 Å². The minimum atomic E-state index is -0.560. The zero-order valence-corrected chi connectivity index (χ0v) is 18.5. The van der Waals surface area contributed by atoms with Crippen molar-refractivity contribution < 1.29 is 4.42 Å². The SMILES string of the molecule is CC(C)N(c1nc(N(C2CCCCC2)C2CCCCC2)oc(=O)c1C#N)C(C)C. The van der Waals surface area contributed by atoms with Gasteiger partial charge in [0.15, 0.2) is 11.4 Å². The fourth-order valence-corrected chi connectivity index (χ4v) is 5.20. The van der Waals surface area contributed by atoms with Crippen molar-refractivity contribution in [2.45, 2.75) is 116 Å². The van der Waals surface area contributed by atoms with Gasteiger partial charge >= 0.3 is 11.6 Å². The van der Waals surface area contributed by atoms with E-state index in [1.165, 1.54) is 38.5 Å². The van der Waals surface area contributed by atoms with Crippen molar-refractivity contribution in [1.82, 2.24) is 4.98 Å². The predicted octanol–water partition coefficient (Wildman–Crippen LogP) is 5.00. The molecule has 2 aliphatic rings. The number of hydrogen-bond donors (Lipinski definition) is 0. The Bertz CT molecular complexity index is 742. The summed E-state index contributed by atoms with van der Waals surface area (Å²) in [6.07, 6.45) is 11.9. The highest BCUT2D eigenvalue weighted by atomic mass is 16.4. The van der Waals surface area contributed by atoms with E-state index in [-0.39, 0.29) is 17.6 Å². The lowest BCUT2D eigenvalue weighted by Crippen LogP contribution is -2.47. The van der Waals surface area contributed by atoms with Crippen molar-refractivity contribution >= 4 is 11.8 Å². The quantitative estimate of drug-likeness (QED) is 0.669. The molecule has 0 saturated heterocycles. The van der Waals surface area contributed by atoms with Crippen molar-refractivity contribution in [3.63, 3.8) is 0 Å². The summed E-state index contributed by atoms with van der Waals surface area (Å²) in [5.41, 5.74) is -0.543. The van der Waals surface area contributed by atoms with Crippen LogP contribution in [0, 0.1) is 11.3 Å². The van der Waals surface area contributed by atoms with Crippen molar-refractivity contribution in [2.24, 2.45) is 0 Å². The highest BCUT2D eigenvalue weighted by molar-refractivity contribution is 5.56. The zero-order chi connectivity index (χ0) is 21.0. The van der Waals surface area contributed by atoms with Crippen LogP contribution in [0.25, 0.3) is 0 Å². The lowest BCUT2D eigenvalue weighted by Gasteiger charge is -2.41. The van der Waals surface area contributed by atoms with Crippen molar-refractivity contribution in [1.29, 1.82) is 5.26 Å². The van der Waals surface area contributed by atoms with Crippen LogP contribution in [-0.4, -0.2) is 29.2 Å². The Morgan fingerprint density at radius 2 is 1.41 bits per heavy atom. The second-order valence-electron chi connectivity index (χ2n) is 9.18. The standard InChI is InChI=1S/C23H36N4O2/c1-16(2)26(17(3)4)21-20(15-24)22(28)29-23(25-21)27(18-11-7-5-8-12-18)19-13-9-6-10-14-19/h16-19H,5-14H2,1-4H3. The van der Waals surface area contributed by atoms with Gasteiger partial charge in [-0.2, -0.15) is 10.2 Å². The fourth-order valence-electron chi connectivity index (χ4n) is 5.20. The molecule has 0 atom stereocenters. The average molecular weight is 401 g/mol. The molecule has 6 heteroatoms. The Labute approximate surface area is 174 Å². The molecule has 2 aliphatic carbocycles. The Kier molecular flexibility index (Phi) is 7.21. The molecule has 0 unspecified atom stereocenters. The maximum Gasteiger partial charge on any atom is 0.360 e. The van der Waals surface area contributed by atoms with E-state index < -0.39 is 5.63 Å². The van der Waals surface area contributed by atoms with Gasteiger partial charge in [-0.25, -0.2) is 4.79 Å². The first-order chi connectivity index (χ1) is 13.9. The number of hydrogen-bond acceptors (Lipinski definition) is 6. The molecule has 1 aromatic heterocycles. The summed E-state index contributed by atoms with van der Waals surface area (Å²) in [4.78, 5) is 22.1. The van der Waals surface area contributed by atoms with Gasteiger partial charge in [0, 0.05) is 24.2 Å². The number of aromatic nitrogens is 1. The maximum atomic E-state index is 12.8. The summed E-state index contributed by atoms with van der Waals surface area (Å²) in [6.45, 7) is 8.27. The molecule has 1 aromatic rings. The van der Waals surface area contributed by atoms with Crippen LogP contribution < -0.4 is 15.4 Å². The third-order valence-corrected chi connectivity index (χ3v) is 6.44. The fraction of sp³-hybridized carbons (Fsp3) is 0.783. The molecule has 3 rings (SSSR count). The molecule has 0 amide bonds. The van der Waals surface area contributed by atoms with Crippen LogP contribution in [0.4, 0.5) is 11.8 Å². The van der Waals surface area contributed by atoms with E-state index in [0.717, 1.165) is 25.7 Å². The second kappa shape index (κ2) is 9.65. The predicted molar refractivity (Wildman–Crippen MR) is 116 cm³/mol. The number of rotatable bonds is 6. The third kappa shape index (κ3) is 4.76. The second-order valence-corrected chi connectivity index (χ2v) is 9.18. The Morgan fingerprint density at radius 3 is 1.83 bits per heavy atom. The Hall–Kier alpha value is -2.03. The Balaban J connectivity index is 2.09. The largest absolute Gasteiger partial charge is 0.388 e. The van der Waals surface area contributed by atoms with E-state index in [2.05, 4.69) is 43.6 Å². The molecule has 0 bridgehead atoms. The van der Waals surface area contributed by atoms with Crippen LogP contribution in [0.2, 0.25) is 0 Å². The maximum absolute atomic E-state index is 12.8. The van der Waals surface area contributed by atoms with Crippen LogP contribution in [0.3, 0.4) is 0 Å². The molecule has 0 aliphatic heterocycles. The minimum absolute atomic E-state index is 0.0170. The van der Waals surface area contributed by atoms with Crippen LogP contribution in [0.15, 0.2) is 9.21 Å². The molecule has 160 valence electrons. The van der Waals surface area contributed by atoms with E-state index >= 15 is 0 Å². The molecule has 0 N–H and O–H groups in total. The first-order valence-corrected chi connectivity index (χ1v) is 11.5. The third-order valence-electron chi connectivity index (χ3n) is 6.44. The summed E-state index contributed by atoms with van der Waals surface area (Å²) < 4.78 is 5.73. The summed E-state index contributed by atoms with van der Waals surface area (Å²) >= 11 is 0. The lowest BCUT2D eigenvalue weighted by atomic mass is 9.89. The van der Waals surface area contributed by atoms with Crippen molar-refractivity contribution in [3.05, 3.63) is 16.0 Å². The van der Waals surface area contributed by atoms with Crippen LogP contribution in [0.1, 0.15) is 97.5 Å². The molecular formula is C23H36N4O2. The molecule has 29 heavy (non-hydrogen) atoms. The van der Waals surface area contributed by atoms with Crippen LogP contribution >= 0.6 is 0 Å². The van der Waals surface area contributed by atoms with Gasteiger partial charge in [0.1, 0.15) is 6.07 Å². The molecule has 0 aromatic carbocycles.